The van der Waals surface area contributed by atoms with Gasteiger partial charge in [-0.1, -0.05) is 6.07 Å². The van der Waals surface area contributed by atoms with Crippen molar-refractivity contribution in [1.82, 2.24) is 0 Å². The van der Waals surface area contributed by atoms with E-state index in [0.29, 0.717) is 0 Å². The number of hydrogen-bond acceptors (Lipinski definition) is 6. The number of anilines is 2. The number of ether oxygens (including phenoxy) is 2. The number of nitrogens with one attached hydrogen (secondary N) is 1. The minimum atomic E-state index is -0.619. The van der Waals surface area contributed by atoms with Crippen LogP contribution in [0.4, 0.5) is 11.4 Å². The van der Waals surface area contributed by atoms with Crippen molar-refractivity contribution < 1.29 is 19.1 Å². The summed E-state index contributed by atoms with van der Waals surface area (Å²) in [4.78, 5) is 25.8. The number of carbonyl (C=O) groups is 2. The van der Waals surface area contributed by atoms with Crippen LogP contribution in [0.25, 0.3) is 0 Å². The summed E-state index contributed by atoms with van der Waals surface area (Å²) in [6.07, 6.45) is 4.64. The summed E-state index contributed by atoms with van der Waals surface area (Å²) in [6, 6.07) is 6.03. The van der Waals surface area contributed by atoms with Gasteiger partial charge in [-0.3, -0.25) is 0 Å². The Kier molecular flexibility index (Phi) is 6.23. The van der Waals surface area contributed by atoms with Gasteiger partial charge in [-0.05, 0) is 43.9 Å². The molecule has 0 amide bonds. The Hall–Kier alpha value is -2.50. The largest absolute Gasteiger partial charge is 0.466 e. The molecule has 6 nitrogen and oxygen atoms in total. The molecule has 2 rings (SSSR count). The smallest absolute Gasteiger partial charge is 0.354 e. The van der Waals surface area contributed by atoms with E-state index in [-0.39, 0.29) is 5.70 Å². The number of esters is 2. The summed E-state index contributed by atoms with van der Waals surface area (Å²) in [7, 11) is 2.54. The third-order valence-electron chi connectivity index (χ3n) is 3.99. The van der Waals surface area contributed by atoms with E-state index in [1.165, 1.54) is 20.6 Å². The molecule has 1 aromatic rings. The lowest BCUT2D eigenvalue weighted by Crippen LogP contribution is -2.30. The SMILES string of the molecule is COC(=O)/C=C(/Nc1cc(C)ccc1N1CCCCC1)C(=O)OC. The first-order valence-electron chi connectivity index (χ1n) is 8.05. The molecule has 1 saturated heterocycles. The van der Waals surface area contributed by atoms with E-state index in [4.69, 9.17) is 4.74 Å². The fraction of sp³-hybridized carbons (Fsp3) is 0.444. The van der Waals surface area contributed by atoms with Crippen LogP contribution in [-0.4, -0.2) is 39.2 Å². The summed E-state index contributed by atoms with van der Waals surface area (Å²) < 4.78 is 9.36. The van der Waals surface area contributed by atoms with Gasteiger partial charge in [0.2, 0.25) is 0 Å². The first kappa shape index (κ1) is 17.8. The van der Waals surface area contributed by atoms with Crippen LogP contribution in [0.3, 0.4) is 0 Å². The fourth-order valence-electron chi connectivity index (χ4n) is 2.74. The summed E-state index contributed by atoms with van der Waals surface area (Å²) in [5.74, 6) is -1.23. The average molecular weight is 332 g/mol. The van der Waals surface area contributed by atoms with Crippen LogP contribution in [0.1, 0.15) is 24.8 Å². The highest BCUT2D eigenvalue weighted by molar-refractivity contribution is 5.99. The number of benzene rings is 1. The zero-order valence-electron chi connectivity index (χ0n) is 14.4. The number of piperidine rings is 1. The minimum Gasteiger partial charge on any atom is -0.466 e. The molecule has 1 aliphatic rings. The van der Waals surface area contributed by atoms with E-state index < -0.39 is 11.9 Å². The molecule has 1 heterocycles. The number of hydrogen-bond donors (Lipinski definition) is 1. The number of rotatable bonds is 5. The van der Waals surface area contributed by atoms with Crippen LogP contribution in [0.15, 0.2) is 30.0 Å². The minimum absolute atomic E-state index is 0.0493. The van der Waals surface area contributed by atoms with Crippen molar-refractivity contribution in [3.05, 3.63) is 35.5 Å². The fourth-order valence-corrected chi connectivity index (χ4v) is 2.74. The second kappa shape index (κ2) is 8.38. The van der Waals surface area contributed by atoms with Crippen molar-refractivity contribution in [3.8, 4) is 0 Å². The van der Waals surface area contributed by atoms with Crippen LogP contribution >= 0.6 is 0 Å². The first-order chi connectivity index (χ1) is 11.5. The number of methoxy groups -OCH3 is 2. The molecular formula is C18H24N2O4. The zero-order valence-corrected chi connectivity index (χ0v) is 14.4. The molecule has 0 aromatic heterocycles. The van der Waals surface area contributed by atoms with Crippen LogP contribution < -0.4 is 10.2 Å². The molecular weight excluding hydrogens is 308 g/mol. The van der Waals surface area contributed by atoms with Crippen molar-refractivity contribution >= 4 is 23.3 Å². The van der Waals surface area contributed by atoms with Gasteiger partial charge >= 0.3 is 11.9 Å². The molecule has 1 aliphatic heterocycles. The normalized spacial score (nSPS) is 15.0. The molecule has 24 heavy (non-hydrogen) atoms. The topological polar surface area (TPSA) is 67.9 Å². The van der Waals surface area contributed by atoms with E-state index in [1.807, 2.05) is 25.1 Å². The zero-order chi connectivity index (χ0) is 17.5. The van der Waals surface area contributed by atoms with Crippen LogP contribution in [0.5, 0.6) is 0 Å². The summed E-state index contributed by atoms with van der Waals surface area (Å²) >= 11 is 0. The van der Waals surface area contributed by atoms with Crippen LogP contribution in [0.2, 0.25) is 0 Å². The molecule has 0 saturated carbocycles. The second-order valence-electron chi connectivity index (χ2n) is 5.77. The molecule has 0 atom stereocenters. The van der Waals surface area contributed by atoms with E-state index in [2.05, 4.69) is 15.0 Å². The maximum absolute atomic E-state index is 12.0. The van der Waals surface area contributed by atoms with Crippen LogP contribution in [0, 0.1) is 6.92 Å². The lowest BCUT2D eigenvalue weighted by atomic mass is 10.1. The number of aryl methyl sites for hydroxylation is 1. The Bertz CT molecular complexity index is 634. The maximum atomic E-state index is 12.0. The van der Waals surface area contributed by atoms with Gasteiger partial charge in [-0.2, -0.15) is 0 Å². The Morgan fingerprint density at radius 1 is 1.12 bits per heavy atom. The first-order valence-corrected chi connectivity index (χ1v) is 8.05. The van der Waals surface area contributed by atoms with Gasteiger partial charge in [0.25, 0.3) is 0 Å². The van der Waals surface area contributed by atoms with Crippen molar-refractivity contribution in [2.75, 3.05) is 37.5 Å². The third kappa shape index (κ3) is 4.50. The highest BCUT2D eigenvalue weighted by atomic mass is 16.5. The lowest BCUT2D eigenvalue weighted by Gasteiger charge is -2.31. The van der Waals surface area contributed by atoms with Crippen molar-refractivity contribution in [1.29, 1.82) is 0 Å². The van der Waals surface area contributed by atoms with E-state index >= 15 is 0 Å². The van der Waals surface area contributed by atoms with Gasteiger partial charge in [-0.25, -0.2) is 9.59 Å². The molecule has 0 unspecified atom stereocenters. The average Bonchev–Trinajstić information content (AvgIpc) is 2.61. The summed E-state index contributed by atoms with van der Waals surface area (Å²) in [5.41, 5.74) is 2.89. The van der Waals surface area contributed by atoms with Crippen LogP contribution in [-0.2, 0) is 19.1 Å². The monoisotopic (exact) mass is 332 g/mol. The van der Waals surface area contributed by atoms with Crippen molar-refractivity contribution in [2.24, 2.45) is 0 Å². The Balaban J connectivity index is 2.34. The molecule has 1 fully saturated rings. The summed E-state index contributed by atoms with van der Waals surface area (Å²) in [5, 5.41) is 3.05. The van der Waals surface area contributed by atoms with Gasteiger partial charge < -0.3 is 19.7 Å². The second-order valence-corrected chi connectivity index (χ2v) is 5.77. The van der Waals surface area contributed by atoms with E-state index in [1.54, 1.807) is 0 Å². The third-order valence-corrected chi connectivity index (χ3v) is 3.99. The predicted molar refractivity (Wildman–Crippen MR) is 93.0 cm³/mol. The summed E-state index contributed by atoms with van der Waals surface area (Å²) in [6.45, 7) is 3.94. The highest BCUT2D eigenvalue weighted by Crippen LogP contribution is 2.30. The molecule has 0 radical (unpaired) electrons. The van der Waals surface area contributed by atoms with Gasteiger partial charge in [-0.15, -0.1) is 0 Å². The molecule has 1 aromatic carbocycles. The van der Waals surface area contributed by atoms with Crippen molar-refractivity contribution in [2.45, 2.75) is 26.2 Å². The molecule has 0 aliphatic carbocycles. The Morgan fingerprint density at radius 3 is 2.46 bits per heavy atom. The van der Waals surface area contributed by atoms with E-state index in [0.717, 1.165) is 48.9 Å². The standard InChI is InChI=1S/C18H24N2O4/c1-13-7-8-16(20-9-5-4-6-10-20)14(11-13)19-15(18(22)24-3)12-17(21)23-2/h7-8,11-12,19H,4-6,9-10H2,1-3H3/b15-12+. The van der Waals surface area contributed by atoms with Crippen molar-refractivity contribution in [3.63, 3.8) is 0 Å². The Labute approximate surface area is 142 Å². The van der Waals surface area contributed by atoms with Gasteiger partial charge in [0.1, 0.15) is 5.70 Å². The maximum Gasteiger partial charge on any atom is 0.354 e. The quantitative estimate of drug-likeness (QED) is 0.660. The lowest BCUT2D eigenvalue weighted by molar-refractivity contribution is -0.138. The molecule has 130 valence electrons. The van der Waals surface area contributed by atoms with E-state index in [9.17, 15) is 9.59 Å². The molecule has 0 spiro atoms. The molecule has 1 N–H and O–H groups in total. The predicted octanol–water partition coefficient (Wildman–Crippen LogP) is 2.63. The van der Waals surface area contributed by atoms with Gasteiger partial charge in [0.05, 0.1) is 31.7 Å². The Morgan fingerprint density at radius 2 is 1.83 bits per heavy atom. The van der Waals surface area contributed by atoms with Gasteiger partial charge in [0, 0.05) is 13.1 Å². The molecule has 0 bridgehead atoms. The number of carbonyl (C=O) groups excluding carboxylic acids is 2. The van der Waals surface area contributed by atoms with Gasteiger partial charge in [0.15, 0.2) is 0 Å². The highest BCUT2D eigenvalue weighted by Gasteiger charge is 2.18. The number of nitrogens with zero attached hydrogens (tertiary/aromatic N) is 1. The molecule has 6 heteroatoms.